The second kappa shape index (κ2) is 5.12. The van der Waals surface area contributed by atoms with E-state index in [9.17, 15) is 0 Å². The van der Waals surface area contributed by atoms with Crippen molar-refractivity contribution in [1.29, 1.82) is 0 Å². The minimum absolute atomic E-state index is 0.110. The van der Waals surface area contributed by atoms with E-state index in [1.807, 2.05) is 12.1 Å². The fraction of sp³-hybridized carbons (Fsp3) is 0.545. The molecule has 0 bridgehead atoms. The molecule has 0 radical (unpaired) electrons. The Morgan fingerprint density at radius 2 is 1.94 bits per heavy atom. The van der Waals surface area contributed by atoms with Crippen LogP contribution in [0.3, 0.4) is 0 Å². The van der Waals surface area contributed by atoms with Gasteiger partial charge in [0.05, 0.1) is 4.47 Å². The van der Waals surface area contributed by atoms with Crippen LogP contribution >= 0.6 is 15.9 Å². The van der Waals surface area contributed by atoms with Crippen molar-refractivity contribution in [3.05, 3.63) is 22.8 Å². The molecule has 1 aromatic rings. The molecule has 1 aliphatic rings. The molecule has 2 atom stereocenters. The molecule has 2 unspecified atom stereocenters. The highest BCUT2D eigenvalue weighted by molar-refractivity contribution is 9.10. The number of hydrogen-bond donors (Lipinski definition) is 0. The maximum Gasteiger partial charge on any atom is 0.143 e. The van der Waals surface area contributed by atoms with Gasteiger partial charge >= 0.3 is 0 Å². The highest BCUT2D eigenvalue weighted by Gasteiger charge is 2.34. The highest BCUT2D eigenvalue weighted by Crippen LogP contribution is 2.27. The van der Waals surface area contributed by atoms with Gasteiger partial charge in [-0.1, -0.05) is 0 Å². The summed E-state index contributed by atoms with van der Waals surface area (Å²) in [4.78, 5) is 6.54. The molecule has 2 rings (SSSR count). The zero-order valence-electron chi connectivity index (χ0n) is 9.39. The van der Waals surface area contributed by atoms with E-state index in [0.717, 1.165) is 23.4 Å². The monoisotopic (exact) mass is 286 g/mol. The maximum atomic E-state index is 5.40. The first-order valence-electron chi connectivity index (χ1n) is 5.17. The first-order chi connectivity index (χ1) is 7.76. The minimum Gasteiger partial charge on any atom is -0.377 e. The summed E-state index contributed by atoms with van der Waals surface area (Å²) in [7, 11) is 3.43. The molecule has 1 saturated heterocycles. The van der Waals surface area contributed by atoms with Gasteiger partial charge in [-0.25, -0.2) is 4.98 Å². The van der Waals surface area contributed by atoms with Crippen molar-refractivity contribution in [1.82, 2.24) is 4.98 Å². The first kappa shape index (κ1) is 11.8. The molecule has 0 aromatic carbocycles. The number of halogens is 1. The number of rotatable bonds is 3. The van der Waals surface area contributed by atoms with Crippen molar-refractivity contribution in [2.45, 2.75) is 12.2 Å². The molecular formula is C11H15BrN2O2. The summed E-state index contributed by atoms with van der Waals surface area (Å²) in [5, 5.41) is 0. The number of pyridine rings is 1. The lowest BCUT2D eigenvalue weighted by Gasteiger charge is -2.17. The summed E-state index contributed by atoms with van der Waals surface area (Å²) >= 11 is 3.50. The molecular weight excluding hydrogens is 272 g/mol. The first-order valence-corrected chi connectivity index (χ1v) is 5.96. The van der Waals surface area contributed by atoms with Gasteiger partial charge in [-0.3, -0.25) is 0 Å². The lowest BCUT2D eigenvalue weighted by Crippen LogP contribution is -2.27. The Bertz CT molecular complexity index is 350. The van der Waals surface area contributed by atoms with Crippen LogP contribution in [0, 0.1) is 0 Å². The molecule has 2 heterocycles. The van der Waals surface area contributed by atoms with Gasteiger partial charge in [0, 0.05) is 33.5 Å². The lowest BCUT2D eigenvalue weighted by atomic mass is 10.3. The molecule has 0 aliphatic carbocycles. The van der Waals surface area contributed by atoms with Gasteiger partial charge in [0.15, 0.2) is 0 Å². The van der Waals surface area contributed by atoms with Crippen LogP contribution in [0.25, 0.3) is 0 Å². The van der Waals surface area contributed by atoms with Crippen molar-refractivity contribution in [2.24, 2.45) is 0 Å². The minimum atomic E-state index is 0.110. The Morgan fingerprint density at radius 3 is 2.44 bits per heavy atom. The second-order valence-corrected chi connectivity index (χ2v) is 4.62. The van der Waals surface area contributed by atoms with Crippen LogP contribution in [0.15, 0.2) is 22.8 Å². The summed E-state index contributed by atoms with van der Waals surface area (Å²) < 4.78 is 11.8. The topological polar surface area (TPSA) is 34.6 Å². The molecule has 1 fully saturated rings. The molecule has 5 heteroatoms. The Balaban J connectivity index is 2.16. The molecule has 1 aromatic heterocycles. The smallest absolute Gasteiger partial charge is 0.143 e. The third kappa shape index (κ3) is 2.21. The average Bonchev–Trinajstić information content (AvgIpc) is 2.72. The molecule has 88 valence electrons. The van der Waals surface area contributed by atoms with Crippen LogP contribution in [0.2, 0.25) is 0 Å². The van der Waals surface area contributed by atoms with E-state index in [1.54, 1.807) is 20.4 Å². The molecule has 0 N–H and O–H groups in total. The number of methoxy groups -OCH3 is 2. The zero-order valence-corrected chi connectivity index (χ0v) is 11.0. The van der Waals surface area contributed by atoms with Gasteiger partial charge in [0.1, 0.15) is 18.0 Å². The van der Waals surface area contributed by atoms with E-state index in [2.05, 4.69) is 25.8 Å². The van der Waals surface area contributed by atoms with Gasteiger partial charge in [0.25, 0.3) is 0 Å². The Hall–Kier alpha value is -0.650. The van der Waals surface area contributed by atoms with Crippen LogP contribution in [0.4, 0.5) is 5.82 Å². The van der Waals surface area contributed by atoms with Crippen LogP contribution in [-0.4, -0.2) is 44.5 Å². The Morgan fingerprint density at radius 1 is 1.31 bits per heavy atom. The van der Waals surface area contributed by atoms with E-state index in [1.165, 1.54) is 0 Å². The van der Waals surface area contributed by atoms with E-state index >= 15 is 0 Å². The molecule has 1 aliphatic heterocycles. The highest BCUT2D eigenvalue weighted by atomic mass is 79.9. The number of anilines is 1. The molecule has 0 saturated carbocycles. The average molecular weight is 287 g/mol. The van der Waals surface area contributed by atoms with Gasteiger partial charge < -0.3 is 14.4 Å². The maximum absolute atomic E-state index is 5.40. The summed E-state index contributed by atoms with van der Waals surface area (Å²) in [5.74, 6) is 0.948. The number of aromatic nitrogens is 1. The fourth-order valence-electron chi connectivity index (χ4n) is 1.98. The van der Waals surface area contributed by atoms with Crippen molar-refractivity contribution < 1.29 is 9.47 Å². The summed E-state index contributed by atoms with van der Waals surface area (Å²) in [6.45, 7) is 1.62. The van der Waals surface area contributed by atoms with Crippen molar-refractivity contribution in [2.75, 3.05) is 32.2 Å². The summed E-state index contributed by atoms with van der Waals surface area (Å²) in [5.41, 5.74) is 0. The fourth-order valence-corrected chi connectivity index (χ4v) is 2.49. The summed E-state index contributed by atoms with van der Waals surface area (Å²) in [6.07, 6.45) is 2.01. The predicted molar refractivity (Wildman–Crippen MR) is 65.7 cm³/mol. The Kier molecular flexibility index (Phi) is 3.78. The van der Waals surface area contributed by atoms with Crippen LogP contribution in [-0.2, 0) is 9.47 Å². The SMILES string of the molecule is COC1CN(c2ncccc2Br)CC1OC. The lowest BCUT2D eigenvalue weighted by molar-refractivity contribution is -0.00461. The van der Waals surface area contributed by atoms with Crippen LogP contribution in [0.5, 0.6) is 0 Å². The van der Waals surface area contributed by atoms with E-state index in [-0.39, 0.29) is 12.2 Å². The Labute approximate surface area is 104 Å². The van der Waals surface area contributed by atoms with Crippen molar-refractivity contribution in [3.8, 4) is 0 Å². The normalized spacial score (nSPS) is 25.1. The standard InChI is InChI=1S/C11H15BrN2O2/c1-15-9-6-14(7-10(9)16-2)11-8(12)4-3-5-13-11/h3-5,9-10H,6-7H2,1-2H3. The third-order valence-electron chi connectivity index (χ3n) is 2.86. The van der Waals surface area contributed by atoms with Crippen LogP contribution < -0.4 is 4.90 Å². The van der Waals surface area contributed by atoms with Gasteiger partial charge in [0.2, 0.25) is 0 Å². The van der Waals surface area contributed by atoms with Crippen molar-refractivity contribution >= 4 is 21.7 Å². The molecule has 0 amide bonds. The quantitative estimate of drug-likeness (QED) is 0.847. The van der Waals surface area contributed by atoms with Gasteiger partial charge in [-0.05, 0) is 28.1 Å². The molecule has 0 spiro atoms. The number of nitrogens with zero attached hydrogens (tertiary/aromatic N) is 2. The van der Waals surface area contributed by atoms with E-state index in [4.69, 9.17) is 9.47 Å². The largest absolute Gasteiger partial charge is 0.377 e. The summed E-state index contributed by atoms with van der Waals surface area (Å²) in [6, 6.07) is 3.90. The van der Waals surface area contributed by atoms with Crippen LogP contribution in [0.1, 0.15) is 0 Å². The van der Waals surface area contributed by atoms with E-state index < -0.39 is 0 Å². The zero-order chi connectivity index (χ0) is 11.5. The number of ether oxygens (including phenoxy) is 2. The second-order valence-electron chi connectivity index (χ2n) is 3.76. The van der Waals surface area contributed by atoms with Gasteiger partial charge in [-0.15, -0.1) is 0 Å². The molecule has 4 nitrogen and oxygen atoms in total. The third-order valence-corrected chi connectivity index (χ3v) is 3.48. The van der Waals surface area contributed by atoms with Gasteiger partial charge in [-0.2, -0.15) is 0 Å². The van der Waals surface area contributed by atoms with Crippen molar-refractivity contribution in [3.63, 3.8) is 0 Å². The number of hydrogen-bond acceptors (Lipinski definition) is 4. The predicted octanol–water partition coefficient (Wildman–Crippen LogP) is 1.69. The van der Waals surface area contributed by atoms with E-state index in [0.29, 0.717) is 0 Å². The molecule has 16 heavy (non-hydrogen) atoms.